The van der Waals surface area contributed by atoms with Crippen LogP contribution in [0, 0.1) is 11.8 Å². The molecule has 7 heteroatoms. The predicted molar refractivity (Wildman–Crippen MR) is 100 cm³/mol. The Morgan fingerprint density at radius 1 is 1.24 bits per heavy atom. The van der Waals surface area contributed by atoms with Crippen LogP contribution in [-0.2, 0) is 0 Å². The molecule has 0 aliphatic rings. The average molecular weight is 357 g/mol. The number of carbonyl (C=O) groups excluding carboxylic acids is 1. The lowest BCUT2D eigenvalue weighted by molar-refractivity contribution is 0.195. The van der Waals surface area contributed by atoms with Crippen LogP contribution in [0.5, 0.6) is 0 Å². The minimum Gasteiger partial charge on any atom is -0.465 e. The molecule has 0 bridgehead atoms. The standard InChI is InChI=1S/C18H19N3O3S/c1-18(2,3)21(17(23)24)13-10-14(25-11-13)9-8-12-6-4-5-7-15(12)20-16(19)22/h4-7,10-11H,1-3H3,(H,23,24)(H3,19,20,22). The van der Waals surface area contributed by atoms with Crippen molar-refractivity contribution in [1.82, 2.24) is 0 Å². The molecular formula is C18H19N3O3S. The molecular weight excluding hydrogens is 338 g/mol. The second-order valence-corrected chi connectivity index (χ2v) is 7.15. The summed E-state index contributed by atoms with van der Waals surface area (Å²) in [6, 6.07) is 8.14. The van der Waals surface area contributed by atoms with E-state index in [1.165, 1.54) is 16.2 Å². The molecule has 3 amide bonds. The normalized spacial score (nSPS) is 10.5. The van der Waals surface area contributed by atoms with E-state index in [0.29, 0.717) is 16.9 Å². The van der Waals surface area contributed by atoms with Gasteiger partial charge in [-0.25, -0.2) is 9.59 Å². The number of nitrogens with one attached hydrogen (secondary N) is 1. The number of urea groups is 1. The molecule has 2 aromatic rings. The number of amides is 3. The van der Waals surface area contributed by atoms with Gasteiger partial charge in [-0.2, -0.15) is 0 Å². The Kier molecular flexibility index (Phi) is 5.35. The van der Waals surface area contributed by atoms with E-state index >= 15 is 0 Å². The molecule has 25 heavy (non-hydrogen) atoms. The molecule has 0 saturated heterocycles. The number of thiophene rings is 1. The molecule has 1 aromatic carbocycles. The fourth-order valence-corrected chi connectivity index (χ4v) is 2.98. The van der Waals surface area contributed by atoms with Crippen LogP contribution in [0.25, 0.3) is 0 Å². The van der Waals surface area contributed by atoms with Gasteiger partial charge in [-0.15, -0.1) is 11.3 Å². The predicted octanol–water partition coefficient (Wildman–Crippen LogP) is 3.92. The molecule has 0 radical (unpaired) electrons. The lowest BCUT2D eigenvalue weighted by Gasteiger charge is -2.32. The van der Waals surface area contributed by atoms with Gasteiger partial charge in [0, 0.05) is 16.5 Å². The monoisotopic (exact) mass is 357 g/mol. The molecule has 0 aliphatic carbocycles. The van der Waals surface area contributed by atoms with E-state index in [2.05, 4.69) is 17.2 Å². The second kappa shape index (κ2) is 7.28. The number of para-hydroxylation sites is 1. The van der Waals surface area contributed by atoms with Crippen molar-refractivity contribution >= 4 is 34.8 Å². The van der Waals surface area contributed by atoms with Gasteiger partial charge in [-0.05, 0) is 39.0 Å². The van der Waals surface area contributed by atoms with E-state index in [9.17, 15) is 14.7 Å². The third-order valence-electron chi connectivity index (χ3n) is 3.21. The summed E-state index contributed by atoms with van der Waals surface area (Å²) < 4.78 is 0. The van der Waals surface area contributed by atoms with Crippen LogP contribution in [0.2, 0.25) is 0 Å². The van der Waals surface area contributed by atoms with Gasteiger partial charge in [-0.1, -0.05) is 24.0 Å². The fourth-order valence-electron chi connectivity index (χ4n) is 2.26. The summed E-state index contributed by atoms with van der Waals surface area (Å²) >= 11 is 1.36. The Hall–Kier alpha value is -2.98. The highest BCUT2D eigenvalue weighted by molar-refractivity contribution is 7.11. The van der Waals surface area contributed by atoms with Crippen molar-refractivity contribution in [2.45, 2.75) is 26.3 Å². The van der Waals surface area contributed by atoms with Gasteiger partial charge in [-0.3, -0.25) is 4.90 Å². The molecule has 0 spiro atoms. The van der Waals surface area contributed by atoms with Gasteiger partial charge in [0.2, 0.25) is 0 Å². The molecule has 0 unspecified atom stereocenters. The maximum Gasteiger partial charge on any atom is 0.412 e. The molecule has 1 heterocycles. The van der Waals surface area contributed by atoms with Crippen molar-refractivity contribution in [2.24, 2.45) is 5.73 Å². The van der Waals surface area contributed by atoms with E-state index in [-0.39, 0.29) is 0 Å². The molecule has 0 atom stereocenters. The third kappa shape index (κ3) is 4.75. The van der Waals surface area contributed by atoms with Gasteiger partial charge in [0.25, 0.3) is 0 Å². The van der Waals surface area contributed by atoms with E-state index in [4.69, 9.17) is 5.73 Å². The lowest BCUT2D eigenvalue weighted by atomic mass is 10.1. The number of nitrogens with two attached hydrogens (primary N) is 1. The zero-order valence-corrected chi connectivity index (χ0v) is 15.0. The number of hydrogen-bond acceptors (Lipinski definition) is 3. The molecule has 130 valence electrons. The Morgan fingerprint density at radius 2 is 1.92 bits per heavy atom. The number of nitrogens with zero attached hydrogens (tertiary/aromatic N) is 1. The molecule has 6 nitrogen and oxygen atoms in total. The molecule has 0 aliphatic heterocycles. The van der Waals surface area contributed by atoms with E-state index < -0.39 is 17.7 Å². The summed E-state index contributed by atoms with van der Waals surface area (Å²) in [5.41, 5.74) is 6.33. The first kappa shape index (κ1) is 18.4. The zero-order chi connectivity index (χ0) is 18.6. The summed E-state index contributed by atoms with van der Waals surface area (Å²) in [7, 11) is 0. The molecule has 0 fully saturated rings. The summed E-state index contributed by atoms with van der Waals surface area (Å²) in [5.74, 6) is 5.98. The second-order valence-electron chi connectivity index (χ2n) is 6.24. The first-order chi connectivity index (χ1) is 11.7. The Balaban J connectivity index is 2.31. The summed E-state index contributed by atoms with van der Waals surface area (Å²) in [6.07, 6.45) is -1.01. The largest absolute Gasteiger partial charge is 0.465 e. The quantitative estimate of drug-likeness (QED) is 0.711. The Morgan fingerprint density at radius 3 is 2.52 bits per heavy atom. The van der Waals surface area contributed by atoms with Gasteiger partial charge < -0.3 is 16.2 Å². The maximum atomic E-state index is 11.5. The summed E-state index contributed by atoms with van der Waals surface area (Å²) in [5, 5.41) is 13.7. The van der Waals surface area contributed by atoms with Crippen molar-refractivity contribution in [1.29, 1.82) is 0 Å². The SMILES string of the molecule is CC(C)(C)N(C(=O)O)c1csc(C#Cc2ccccc2NC(N)=O)c1. The summed E-state index contributed by atoms with van der Waals surface area (Å²) in [6.45, 7) is 5.49. The minimum atomic E-state index is -1.01. The van der Waals surface area contributed by atoms with Crippen LogP contribution >= 0.6 is 11.3 Å². The maximum absolute atomic E-state index is 11.5. The zero-order valence-electron chi connectivity index (χ0n) is 14.2. The fraction of sp³-hybridized carbons (Fsp3) is 0.222. The highest BCUT2D eigenvalue weighted by Crippen LogP contribution is 2.28. The number of anilines is 2. The van der Waals surface area contributed by atoms with Crippen molar-refractivity contribution in [3.05, 3.63) is 46.2 Å². The number of hydrogen-bond donors (Lipinski definition) is 3. The minimum absolute atomic E-state index is 0.529. The smallest absolute Gasteiger partial charge is 0.412 e. The number of carboxylic acid groups (broad SMARTS) is 1. The molecule has 2 rings (SSSR count). The lowest BCUT2D eigenvalue weighted by Crippen LogP contribution is -2.44. The topological polar surface area (TPSA) is 95.7 Å². The van der Waals surface area contributed by atoms with Crippen molar-refractivity contribution < 1.29 is 14.7 Å². The number of benzene rings is 1. The Bertz CT molecular complexity index is 856. The molecule has 1 aromatic heterocycles. The first-order valence-corrected chi connectivity index (χ1v) is 8.35. The number of primary amides is 1. The van der Waals surface area contributed by atoms with Crippen LogP contribution in [0.1, 0.15) is 31.2 Å². The van der Waals surface area contributed by atoms with Crippen LogP contribution in [0.15, 0.2) is 35.7 Å². The van der Waals surface area contributed by atoms with Gasteiger partial charge in [0.05, 0.1) is 16.3 Å². The Labute approximate surface area is 150 Å². The van der Waals surface area contributed by atoms with Crippen LogP contribution in [-0.4, -0.2) is 22.8 Å². The number of rotatable bonds is 2. The average Bonchev–Trinajstić information content (AvgIpc) is 2.92. The van der Waals surface area contributed by atoms with Crippen molar-refractivity contribution in [3.8, 4) is 11.8 Å². The highest BCUT2D eigenvalue weighted by atomic mass is 32.1. The van der Waals surface area contributed by atoms with Gasteiger partial charge >= 0.3 is 12.1 Å². The van der Waals surface area contributed by atoms with Gasteiger partial charge in [0.15, 0.2) is 0 Å². The van der Waals surface area contributed by atoms with Crippen LogP contribution in [0.4, 0.5) is 21.0 Å². The molecule has 4 N–H and O–H groups in total. The highest BCUT2D eigenvalue weighted by Gasteiger charge is 2.28. The van der Waals surface area contributed by atoms with Crippen LogP contribution in [0.3, 0.4) is 0 Å². The van der Waals surface area contributed by atoms with Crippen LogP contribution < -0.4 is 16.0 Å². The van der Waals surface area contributed by atoms with Crippen molar-refractivity contribution in [3.63, 3.8) is 0 Å². The first-order valence-electron chi connectivity index (χ1n) is 7.47. The molecule has 0 saturated carbocycles. The van der Waals surface area contributed by atoms with E-state index in [1.54, 1.807) is 29.6 Å². The van der Waals surface area contributed by atoms with E-state index in [0.717, 1.165) is 4.88 Å². The number of carbonyl (C=O) groups is 2. The third-order valence-corrected chi connectivity index (χ3v) is 4.04. The van der Waals surface area contributed by atoms with Gasteiger partial charge in [0.1, 0.15) is 0 Å². The van der Waals surface area contributed by atoms with E-state index in [1.807, 2.05) is 26.8 Å². The summed E-state index contributed by atoms with van der Waals surface area (Å²) in [4.78, 5) is 24.6. The van der Waals surface area contributed by atoms with Crippen molar-refractivity contribution in [2.75, 3.05) is 10.2 Å².